The van der Waals surface area contributed by atoms with Crippen LogP contribution in [-0.2, 0) is 0 Å². The second-order valence-electron chi connectivity index (χ2n) is 2.57. The number of aromatic amines is 1. The lowest BCUT2D eigenvalue weighted by Gasteiger charge is -2.02. The number of aromatic nitrogens is 4. The minimum Gasteiger partial charge on any atom is -0.242 e. The van der Waals surface area contributed by atoms with E-state index in [-0.39, 0.29) is 0 Å². The zero-order valence-electron chi connectivity index (χ0n) is 6.91. The van der Waals surface area contributed by atoms with E-state index in [0.29, 0.717) is 5.82 Å². The van der Waals surface area contributed by atoms with Gasteiger partial charge in [-0.3, -0.25) is 0 Å². The molecule has 2 rings (SSSR count). The van der Waals surface area contributed by atoms with E-state index >= 15 is 0 Å². The van der Waals surface area contributed by atoms with Crippen molar-refractivity contribution in [2.45, 2.75) is 0 Å². The van der Waals surface area contributed by atoms with E-state index < -0.39 is 0 Å². The van der Waals surface area contributed by atoms with Gasteiger partial charge in [-0.1, -0.05) is 12.1 Å². The molecule has 0 aliphatic heterocycles. The lowest BCUT2D eigenvalue weighted by Crippen LogP contribution is -1.89. The highest BCUT2D eigenvalue weighted by Gasteiger charge is 2.06. The van der Waals surface area contributed by atoms with Gasteiger partial charge in [-0.05, 0) is 53.9 Å². The largest absolute Gasteiger partial charge is 0.242 e. The molecule has 0 saturated carbocycles. The van der Waals surface area contributed by atoms with Crippen molar-refractivity contribution in [3.05, 3.63) is 45.0 Å². The highest BCUT2D eigenvalue weighted by Crippen LogP contribution is 2.28. The Balaban J connectivity index is 2.29. The van der Waals surface area contributed by atoms with Gasteiger partial charge >= 0.3 is 0 Å². The van der Waals surface area contributed by atoms with Crippen LogP contribution >= 0.6 is 31.9 Å². The first-order valence-corrected chi connectivity index (χ1v) is 5.38. The molecular formula is C8H5Br2N4. The Labute approximate surface area is 97.4 Å². The maximum Gasteiger partial charge on any atom is 0.157 e. The van der Waals surface area contributed by atoms with Gasteiger partial charge in [0.05, 0.1) is 6.42 Å². The summed E-state index contributed by atoms with van der Waals surface area (Å²) in [4.78, 5) is 0. The van der Waals surface area contributed by atoms with Crippen LogP contribution in [0.1, 0.15) is 11.4 Å². The van der Waals surface area contributed by atoms with Gasteiger partial charge in [0.1, 0.15) is 0 Å². The monoisotopic (exact) mass is 315 g/mol. The lowest BCUT2D eigenvalue weighted by atomic mass is 10.1. The summed E-state index contributed by atoms with van der Waals surface area (Å²) < 4.78 is 1.98. The van der Waals surface area contributed by atoms with Crippen LogP contribution in [0.4, 0.5) is 0 Å². The van der Waals surface area contributed by atoms with Gasteiger partial charge < -0.3 is 0 Å². The number of rotatable bonds is 2. The summed E-state index contributed by atoms with van der Waals surface area (Å²) >= 11 is 6.89. The molecule has 6 heteroatoms. The van der Waals surface area contributed by atoms with Crippen LogP contribution in [0.5, 0.6) is 0 Å². The zero-order valence-corrected chi connectivity index (χ0v) is 10.1. The maximum atomic E-state index is 3.77. The molecule has 0 fully saturated rings. The van der Waals surface area contributed by atoms with Gasteiger partial charge in [0.25, 0.3) is 0 Å². The third-order valence-electron chi connectivity index (χ3n) is 1.64. The molecule has 1 heterocycles. The molecule has 0 aliphatic carbocycles. The van der Waals surface area contributed by atoms with E-state index in [1.54, 1.807) is 0 Å². The number of halogens is 2. The summed E-state index contributed by atoms with van der Waals surface area (Å²) in [6.07, 6.45) is 1.86. The van der Waals surface area contributed by atoms with Gasteiger partial charge in [0.2, 0.25) is 0 Å². The van der Waals surface area contributed by atoms with Crippen LogP contribution in [0.2, 0.25) is 0 Å². The fourth-order valence-corrected chi connectivity index (χ4v) is 1.77. The van der Waals surface area contributed by atoms with Crippen molar-refractivity contribution in [2.24, 2.45) is 0 Å². The maximum absolute atomic E-state index is 3.77. The summed E-state index contributed by atoms with van der Waals surface area (Å²) in [7, 11) is 0. The number of benzene rings is 1. The number of tetrazole rings is 1. The van der Waals surface area contributed by atoms with Crippen molar-refractivity contribution >= 4 is 31.9 Å². The third kappa shape index (κ3) is 2.01. The first-order chi connectivity index (χ1) is 6.77. The fraction of sp³-hybridized carbons (Fsp3) is 0. The predicted octanol–water partition coefficient (Wildman–Crippen LogP) is 2.33. The van der Waals surface area contributed by atoms with Gasteiger partial charge in [0, 0.05) is 8.95 Å². The zero-order chi connectivity index (χ0) is 9.97. The van der Waals surface area contributed by atoms with Crippen molar-refractivity contribution < 1.29 is 0 Å². The summed E-state index contributed by atoms with van der Waals surface area (Å²) in [5.41, 5.74) is 1.01. The molecule has 1 radical (unpaired) electrons. The van der Waals surface area contributed by atoms with Gasteiger partial charge in [0.15, 0.2) is 5.82 Å². The normalized spacial score (nSPS) is 10.4. The lowest BCUT2D eigenvalue weighted by molar-refractivity contribution is 0.881. The second-order valence-corrected chi connectivity index (χ2v) is 4.22. The van der Waals surface area contributed by atoms with E-state index in [9.17, 15) is 0 Å². The van der Waals surface area contributed by atoms with Crippen LogP contribution in [0.3, 0.4) is 0 Å². The number of hydrogen-bond donors (Lipinski definition) is 1. The van der Waals surface area contributed by atoms with E-state index in [2.05, 4.69) is 52.5 Å². The van der Waals surface area contributed by atoms with Gasteiger partial charge in [-0.2, -0.15) is 0 Å². The van der Waals surface area contributed by atoms with E-state index in [1.165, 1.54) is 0 Å². The first-order valence-electron chi connectivity index (χ1n) is 3.80. The standard InChI is InChI=1S/C8H5Br2N4/c9-6-3-1-2-5(8(6)10)4-7-11-13-14-12-7/h1-4H,(H,11,12,13,14). The number of nitrogens with one attached hydrogen (secondary N) is 1. The molecule has 0 bridgehead atoms. The predicted molar refractivity (Wildman–Crippen MR) is 58.5 cm³/mol. The molecular weight excluding hydrogens is 312 g/mol. The SMILES string of the molecule is Brc1cccc([CH]c2nnn[nH]2)c1Br. The molecule has 0 spiro atoms. The highest BCUT2D eigenvalue weighted by molar-refractivity contribution is 9.13. The molecule has 1 aromatic heterocycles. The van der Waals surface area contributed by atoms with Crippen molar-refractivity contribution in [1.29, 1.82) is 0 Å². The average molecular weight is 317 g/mol. The highest BCUT2D eigenvalue weighted by atomic mass is 79.9. The molecule has 0 atom stereocenters. The summed E-state index contributed by atoms with van der Waals surface area (Å²) in [6, 6.07) is 5.88. The average Bonchev–Trinajstić information content (AvgIpc) is 2.66. The van der Waals surface area contributed by atoms with Crippen molar-refractivity contribution in [3.63, 3.8) is 0 Å². The Morgan fingerprint density at radius 3 is 2.86 bits per heavy atom. The Kier molecular flexibility index (Phi) is 2.93. The molecule has 2 aromatic rings. The summed E-state index contributed by atoms with van der Waals surface area (Å²) in [5.74, 6) is 0.629. The fourth-order valence-electron chi connectivity index (χ4n) is 1.01. The Hall–Kier alpha value is -0.750. The van der Waals surface area contributed by atoms with E-state index in [1.807, 2.05) is 24.6 Å². The van der Waals surface area contributed by atoms with Crippen molar-refractivity contribution in [2.75, 3.05) is 0 Å². The van der Waals surface area contributed by atoms with Crippen LogP contribution in [-0.4, -0.2) is 20.6 Å². The molecule has 4 nitrogen and oxygen atoms in total. The van der Waals surface area contributed by atoms with Crippen LogP contribution in [0, 0.1) is 6.42 Å². The third-order valence-corrected chi connectivity index (χ3v) is 3.71. The topological polar surface area (TPSA) is 54.5 Å². The number of nitrogens with zero attached hydrogens (tertiary/aromatic N) is 3. The molecule has 0 amide bonds. The molecule has 1 N–H and O–H groups in total. The summed E-state index contributed by atoms with van der Waals surface area (Å²) in [6.45, 7) is 0. The molecule has 0 aliphatic rings. The minimum atomic E-state index is 0.629. The number of H-pyrrole nitrogens is 1. The quantitative estimate of drug-likeness (QED) is 0.925. The Morgan fingerprint density at radius 1 is 1.29 bits per heavy atom. The molecule has 1 aromatic carbocycles. The van der Waals surface area contributed by atoms with Crippen molar-refractivity contribution in [3.8, 4) is 0 Å². The minimum absolute atomic E-state index is 0.629. The molecule has 71 valence electrons. The molecule has 14 heavy (non-hydrogen) atoms. The van der Waals surface area contributed by atoms with Gasteiger partial charge in [-0.25, -0.2) is 5.10 Å². The number of hydrogen-bond acceptors (Lipinski definition) is 3. The Morgan fingerprint density at radius 2 is 2.14 bits per heavy atom. The second kappa shape index (κ2) is 4.18. The summed E-state index contributed by atoms with van der Waals surface area (Å²) in [5, 5.41) is 13.4. The van der Waals surface area contributed by atoms with Crippen LogP contribution in [0.25, 0.3) is 0 Å². The van der Waals surface area contributed by atoms with Crippen LogP contribution < -0.4 is 0 Å². The first kappa shape index (κ1) is 9.79. The van der Waals surface area contributed by atoms with Crippen LogP contribution in [0.15, 0.2) is 27.1 Å². The van der Waals surface area contributed by atoms with E-state index in [0.717, 1.165) is 14.5 Å². The smallest absolute Gasteiger partial charge is 0.157 e. The molecule has 0 saturated heterocycles. The van der Waals surface area contributed by atoms with Gasteiger partial charge in [-0.15, -0.1) is 5.10 Å². The molecule has 0 unspecified atom stereocenters. The van der Waals surface area contributed by atoms with E-state index in [4.69, 9.17) is 0 Å². The Bertz CT molecular complexity index is 427. The van der Waals surface area contributed by atoms with Crippen molar-refractivity contribution in [1.82, 2.24) is 20.6 Å².